The van der Waals surface area contributed by atoms with E-state index in [0.29, 0.717) is 6.42 Å². The average molecular weight is 396 g/mol. The molecule has 0 aromatic heterocycles. The van der Waals surface area contributed by atoms with Crippen molar-refractivity contribution in [1.29, 1.82) is 0 Å². The smallest absolute Gasteiger partial charge is 0.334 e. The van der Waals surface area contributed by atoms with E-state index in [9.17, 15) is 29.7 Å². The molecule has 6 unspecified atom stereocenters. The first-order valence-corrected chi connectivity index (χ1v) is 9.37. The van der Waals surface area contributed by atoms with E-state index in [1.165, 1.54) is 13.0 Å². The molecule has 8 heteroatoms. The van der Waals surface area contributed by atoms with E-state index in [0.717, 1.165) is 0 Å². The van der Waals surface area contributed by atoms with Gasteiger partial charge in [0.05, 0.1) is 30.1 Å². The zero-order valence-corrected chi connectivity index (χ0v) is 16.4. The van der Waals surface area contributed by atoms with E-state index < -0.39 is 66.5 Å². The van der Waals surface area contributed by atoms with E-state index in [-0.39, 0.29) is 17.6 Å². The molecule has 1 aliphatic heterocycles. The number of aliphatic hydroxyl groups is 3. The van der Waals surface area contributed by atoms with Crippen molar-refractivity contribution in [2.45, 2.75) is 63.9 Å². The number of ether oxygens (including phenoxy) is 2. The van der Waals surface area contributed by atoms with E-state index >= 15 is 0 Å². The van der Waals surface area contributed by atoms with E-state index in [1.807, 2.05) is 6.92 Å². The maximum atomic E-state index is 12.4. The molecule has 0 amide bonds. The predicted octanol–water partition coefficient (Wildman–Crippen LogP) is 0.436. The highest BCUT2D eigenvalue weighted by Gasteiger charge is 2.49. The Morgan fingerprint density at radius 3 is 2.68 bits per heavy atom. The molecular formula is C20H28O8. The maximum Gasteiger partial charge on any atom is 0.334 e. The second kappa shape index (κ2) is 8.55. The number of carbonyl (C=O) groups is 3. The zero-order valence-electron chi connectivity index (χ0n) is 16.4. The van der Waals surface area contributed by atoms with Crippen LogP contribution in [0, 0.1) is 11.8 Å². The fraction of sp³-hybridized carbons (Fsp3) is 0.650. The molecule has 0 aromatic rings. The normalized spacial score (nSPS) is 34.9. The Hall–Kier alpha value is -2.03. The third kappa shape index (κ3) is 4.51. The average Bonchev–Trinajstić information content (AvgIpc) is 2.90. The number of rotatable bonds is 4. The molecule has 3 N–H and O–H groups in total. The molecule has 2 rings (SSSR count). The Morgan fingerprint density at radius 1 is 1.46 bits per heavy atom. The quantitative estimate of drug-likeness (QED) is 0.461. The summed E-state index contributed by atoms with van der Waals surface area (Å²) in [6.45, 7) is 7.94. The standard InChI is InChI=1S/C20H28O8/c1-5-10(2)18(24)28-15-8-20(4,26)16(23)7-13(22)12(9-21)6-14-17(15)11(3)19(25)27-14/h6,10,14-17,21,23,26H,3,5,7-9H2,1-2,4H3. The highest BCUT2D eigenvalue weighted by atomic mass is 16.6. The Morgan fingerprint density at radius 2 is 2.11 bits per heavy atom. The van der Waals surface area contributed by atoms with Gasteiger partial charge in [0.2, 0.25) is 0 Å². The van der Waals surface area contributed by atoms with Gasteiger partial charge in [-0.1, -0.05) is 20.4 Å². The summed E-state index contributed by atoms with van der Waals surface area (Å²) in [7, 11) is 0. The summed E-state index contributed by atoms with van der Waals surface area (Å²) in [4.78, 5) is 36.9. The number of hydrogen-bond acceptors (Lipinski definition) is 8. The lowest BCUT2D eigenvalue weighted by atomic mass is 9.79. The fourth-order valence-electron chi connectivity index (χ4n) is 3.36. The number of hydrogen-bond donors (Lipinski definition) is 3. The number of fused-ring (bicyclic) bond motifs is 1. The second-order valence-electron chi connectivity index (χ2n) is 7.76. The first-order valence-electron chi connectivity index (χ1n) is 9.37. The van der Waals surface area contributed by atoms with Gasteiger partial charge in [-0.05, 0) is 19.4 Å². The Labute approximate surface area is 163 Å². The molecule has 0 saturated carbocycles. The predicted molar refractivity (Wildman–Crippen MR) is 97.9 cm³/mol. The number of aliphatic hydroxyl groups excluding tert-OH is 2. The Kier molecular flexibility index (Phi) is 6.80. The summed E-state index contributed by atoms with van der Waals surface area (Å²) in [5, 5.41) is 30.7. The molecular weight excluding hydrogens is 368 g/mol. The first-order chi connectivity index (χ1) is 13.0. The first kappa shape index (κ1) is 22.3. The number of carbonyl (C=O) groups excluding carboxylic acids is 3. The molecule has 6 atom stereocenters. The summed E-state index contributed by atoms with van der Waals surface area (Å²) >= 11 is 0. The van der Waals surface area contributed by atoms with Crippen LogP contribution in [-0.4, -0.2) is 63.6 Å². The van der Waals surface area contributed by atoms with E-state index in [4.69, 9.17) is 9.47 Å². The molecule has 2 aliphatic rings. The molecule has 1 saturated heterocycles. The van der Waals surface area contributed by atoms with Crippen LogP contribution in [0.3, 0.4) is 0 Å². The fourth-order valence-corrected chi connectivity index (χ4v) is 3.36. The van der Waals surface area contributed by atoms with E-state index in [1.54, 1.807) is 6.92 Å². The Balaban J connectivity index is 2.52. The van der Waals surface area contributed by atoms with Crippen LogP contribution in [0.1, 0.15) is 40.0 Å². The number of ketones is 1. The minimum Gasteiger partial charge on any atom is -0.461 e. The molecule has 156 valence electrons. The molecule has 1 aliphatic carbocycles. The van der Waals surface area contributed by atoms with Crippen LogP contribution >= 0.6 is 0 Å². The summed E-state index contributed by atoms with van der Waals surface area (Å²) in [6, 6.07) is 0. The largest absolute Gasteiger partial charge is 0.461 e. The highest BCUT2D eigenvalue weighted by molar-refractivity contribution is 5.97. The molecule has 1 heterocycles. The monoisotopic (exact) mass is 396 g/mol. The highest BCUT2D eigenvalue weighted by Crippen LogP contribution is 2.38. The number of esters is 2. The van der Waals surface area contributed by atoms with Gasteiger partial charge in [-0.2, -0.15) is 0 Å². The maximum absolute atomic E-state index is 12.4. The van der Waals surface area contributed by atoms with Gasteiger partial charge in [0, 0.05) is 24.0 Å². The summed E-state index contributed by atoms with van der Waals surface area (Å²) in [5.74, 6) is -3.05. The van der Waals surface area contributed by atoms with Crippen molar-refractivity contribution in [2.75, 3.05) is 6.61 Å². The van der Waals surface area contributed by atoms with Crippen molar-refractivity contribution < 1.29 is 39.2 Å². The minimum absolute atomic E-state index is 0.0406. The third-order valence-corrected chi connectivity index (χ3v) is 5.55. The van der Waals surface area contributed by atoms with Gasteiger partial charge in [0.15, 0.2) is 5.78 Å². The molecule has 0 bridgehead atoms. The molecule has 0 spiro atoms. The lowest BCUT2D eigenvalue weighted by molar-refractivity contribution is -0.165. The van der Waals surface area contributed by atoms with Crippen LogP contribution in [0.4, 0.5) is 0 Å². The number of Topliss-reactive ketones (excluding diaryl/α,β-unsaturated/α-hetero) is 1. The summed E-state index contributed by atoms with van der Waals surface area (Å²) in [5.41, 5.74) is -1.80. The van der Waals surface area contributed by atoms with Gasteiger partial charge < -0.3 is 24.8 Å². The Bertz CT molecular complexity index is 692. The van der Waals surface area contributed by atoms with Crippen LogP contribution in [0.25, 0.3) is 0 Å². The van der Waals surface area contributed by atoms with Crippen LogP contribution in [0.15, 0.2) is 23.8 Å². The zero-order chi connectivity index (χ0) is 21.2. The SMILES string of the molecule is C=C1C(=O)OC2C=C(CO)C(=O)CC(O)C(C)(O)CC(OC(=O)C(C)CC)C12. The molecule has 28 heavy (non-hydrogen) atoms. The lowest BCUT2D eigenvalue weighted by Gasteiger charge is -2.36. The topological polar surface area (TPSA) is 130 Å². The van der Waals surface area contributed by atoms with Gasteiger partial charge in [-0.3, -0.25) is 9.59 Å². The second-order valence-corrected chi connectivity index (χ2v) is 7.76. The van der Waals surface area contributed by atoms with Crippen LogP contribution in [-0.2, 0) is 23.9 Å². The van der Waals surface area contributed by atoms with Crippen LogP contribution in [0.2, 0.25) is 0 Å². The molecule has 8 nitrogen and oxygen atoms in total. The third-order valence-electron chi connectivity index (χ3n) is 5.55. The van der Waals surface area contributed by atoms with Crippen molar-refractivity contribution in [1.82, 2.24) is 0 Å². The van der Waals surface area contributed by atoms with Crippen molar-refractivity contribution in [3.63, 3.8) is 0 Å². The molecule has 0 radical (unpaired) electrons. The van der Waals surface area contributed by atoms with Gasteiger partial charge in [0.1, 0.15) is 12.2 Å². The molecule has 1 fully saturated rings. The lowest BCUT2D eigenvalue weighted by Crippen LogP contribution is -2.48. The van der Waals surface area contributed by atoms with Gasteiger partial charge in [0.25, 0.3) is 0 Å². The summed E-state index contributed by atoms with van der Waals surface area (Å²) < 4.78 is 10.9. The van der Waals surface area contributed by atoms with Crippen molar-refractivity contribution in [3.05, 3.63) is 23.8 Å². The van der Waals surface area contributed by atoms with Crippen molar-refractivity contribution in [2.24, 2.45) is 11.8 Å². The molecule has 0 aromatic carbocycles. The summed E-state index contributed by atoms with van der Waals surface area (Å²) in [6.07, 6.45) is -2.26. The minimum atomic E-state index is -1.79. The van der Waals surface area contributed by atoms with Crippen LogP contribution < -0.4 is 0 Å². The van der Waals surface area contributed by atoms with Crippen LogP contribution in [0.5, 0.6) is 0 Å². The van der Waals surface area contributed by atoms with Crippen molar-refractivity contribution >= 4 is 17.7 Å². The van der Waals surface area contributed by atoms with E-state index in [2.05, 4.69) is 6.58 Å². The van der Waals surface area contributed by atoms with Gasteiger partial charge in [-0.15, -0.1) is 0 Å². The van der Waals surface area contributed by atoms with Crippen molar-refractivity contribution in [3.8, 4) is 0 Å². The van der Waals surface area contributed by atoms with Gasteiger partial charge in [-0.25, -0.2) is 4.79 Å². The van der Waals surface area contributed by atoms with Gasteiger partial charge >= 0.3 is 11.9 Å².